The van der Waals surface area contributed by atoms with E-state index >= 15 is 0 Å². The molecule has 0 atom stereocenters. The van der Waals surface area contributed by atoms with E-state index in [1.165, 1.54) is 43.4 Å². The van der Waals surface area contributed by atoms with Gasteiger partial charge in [-0.25, -0.2) is 12.8 Å². The van der Waals surface area contributed by atoms with Crippen LogP contribution in [0.4, 0.5) is 10.1 Å². The Kier molecular flexibility index (Phi) is 4.15. The Morgan fingerprint density at radius 1 is 1.24 bits per heavy atom. The van der Waals surface area contributed by atoms with Gasteiger partial charge >= 0.3 is 0 Å². The number of rotatable bonds is 4. The van der Waals surface area contributed by atoms with Crippen molar-refractivity contribution >= 4 is 15.7 Å². The first-order valence-electron chi connectivity index (χ1n) is 6.13. The van der Waals surface area contributed by atoms with Gasteiger partial charge in [0.15, 0.2) is 0 Å². The van der Waals surface area contributed by atoms with E-state index in [1.54, 1.807) is 0 Å². The molecule has 7 heteroatoms. The van der Waals surface area contributed by atoms with Crippen LogP contribution in [0.25, 0.3) is 0 Å². The lowest BCUT2D eigenvalue weighted by atomic mass is 10.2. The van der Waals surface area contributed by atoms with Crippen LogP contribution in [0.5, 0.6) is 5.75 Å². The lowest BCUT2D eigenvalue weighted by molar-refractivity contribution is 0.475. The highest BCUT2D eigenvalue weighted by Gasteiger charge is 2.25. The number of halogens is 1. The summed E-state index contributed by atoms with van der Waals surface area (Å²) in [5.74, 6) is -0.726. The summed E-state index contributed by atoms with van der Waals surface area (Å²) in [5.41, 5.74) is 5.65. The Morgan fingerprint density at radius 3 is 2.52 bits per heavy atom. The van der Waals surface area contributed by atoms with Crippen molar-refractivity contribution in [2.75, 3.05) is 11.4 Å². The minimum Gasteiger partial charge on any atom is -0.508 e. The quantitative estimate of drug-likeness (QED) is 0.902. The van der Waals surface area contributed by atoms with Crippen LogP contribution in [0.3, 0.4) is 0 Å². The number of sulfonamides is 1. The van der Waals surface area contributed by atoms with Crippen LogP contribution < -0.4 is 10.0 Å². The molecule has 0 unspecified atom stereocenters. The summed E-state index contributed by atoms with van der Waals surface area (Å²) in [5, 5.41) is 9.44. The highest BCUT2D eigenvalue weighted by Crippen LogP contribution is 2.27. The molecule has 2 aromatic carbocycles. The number of phenols is 1. The minimum absolute atomic E-state index is 0.0622. The lowest BCUT2D eigenvalue weighted by Gasteiger charge is -2.21. The van der Waals surface area contributed by atoms with E-state index in [4.69, 9.17) is 5.73 Å². The molecule has 0 spiro atoms. The molecular weight excluding hydrogens is 295 g/mol. The SMILES string of the molecule is CN(c1cccc(O)c1)S(=O)(=O)c1cccc(F)c1CN. The molecule has 0 heterocycles. The van der Waals surface area contributed by atoms with Crippen LogP contribution in [-0.4, -0.2) is 20.6 Å². The van der Waals surface area contributed by atoms with Gasteiger partial charge in [-0.1, -0.05) is 12.1 Å². The number of hydrogen-bond donors (Lipinski definition) is 2. The van der Waals surface area contributed by atoms with E-state index in [1.807, 2.05) is 0 Å². The van der Waals surface area contributed by atoms with Crippen molar-refractivity contribution in [3.63, 3.8) is 0 Å². The topological polar surface area (TPSA) is 83.6 Å². The van der Waals surface area contributed by atoms with E-state index in [0.717, 1.165) is 10.4 Å². The zero-order chi connectivity index (χ0) is 15.6. The molecule has 0 saturated heterocycles. The van der Waals surface area contributed by atoms with Gasteiger partial charge in [-0.15, -0.1) is 0 Å². The molecule has 112 valence electrons. The number of aromatic hydroxyl groups is 1. The maximum Gasteiger partial charge on any atom is 0.264 e. The normalized spacial score (nSPS) is 11.4. The molecule has 3 N–H and O–H groups in total. The molecule has 21 heavy (non-hydrogen) atoms. The van der Waals surface area contributed by atoms with Crippen molar-refractivity contribution in [2.24, 2.45) is 5.73 Å². The number of hydrogen-bond acceptors (Lipinski definition) is 4. The number of nitrogens with zero attached hydrogens (tertiary/aromatic N) is 1. The molecule has 2 aromatic rings. The van der Waals surface area contributed by atoms with Gasteiger partial charge in [-0.3, -0.25) is 4.31 Å². The standard InChI is InChI=1S/C14H15FN2O3S/c1-17(10-4-2-5-11(18)8-10)21(19,20)14-7-3-6-13(15)12(14)9-16/h2-8,18H,9,16H2,1H3. The molecule has 0 aliphatic heterocycles. The van der Waals surface area contributed by atoms with Crippen molar-refractivity contribution in [2.45, 2.75) is 11.4 Å². The van der Waals surface area contributed by atoms with Crippen LogP contribution in [0.1, 0.15) is 5.56 Å². The third kappa shape index (κ3) is 2.84. The van der Waals surface area contributed by atoms with Gasteiger partial charge in [0.1, 0.15) is 11.6 Å². The number of anilines is 1. The summed E-state index contributed by atoms with van der Waals surface area (Å²) in [7, 11) is -2.64. The fourth-order valence-electron chi connectivity index (χ4n) is 1.95. The molecule has 0 saturated carbocycles. The van der Waals surface area contributed by atoms with Crippen LogP contribution in [0.2, 0.25) is 0 Å². The Bertz CT molecular complexity index is 763. The van der Waals surface area contributed by atoms with Crippen molar-refractivity contribution in [3.05, 3.63) is 53.8 Å². The third-order valence-electron chi connectivity index (χ3n) is 3.11. The summed E-state index contributed by atoms with van der Waals surface area (Å²) in [4.78, 5) is -0.184. The average molecular weight is 310 g/mol. The van der Waals surface area contributed by atoms with Crippen LogP contribution in [0, 0.1) is 5.82 Å². The Hall–Kier alpha value is -2.12. The molecule has 5 nitrogen and oxygen atoms in total. The van der Waals surface area contributed by atoms with Crippen molar-refractivity contribution in [1.29, 1.82) is 0 Å². The first kappa shape index (κ1) is 15.3. The van der Waals surface area contributed by atoms with Crippen LogP contribution in [-0.2, 0) is 16.6 Å². The summed E-state index contributed by atoms with van der Waals surface area (Å²) < 4.78 is 39.9. The minimum atomic E-state index is -3.97. The van der Waals surface area contributed by atoms with Crippen LogP contribution in [0.15, 0.2) is 47.4 Å². The van der Waals surface area contributed by atoms with Gasteiger partial charge in [-0.2, -0.15) is 0 Å². The van der Waals surface area contributed by atoms with Crippen molar-refractivity contribution in [3.8, 4) is 5.75 Å². The van der Waals surface area contributed by atoms with E-state index in [2.05, 4.69) is 0 Å². The smallest absolute Gasteiger partial charge is 0.264 e. The Morgan fingerprint density at radius 2 is 1.90 bits per heavy atom. The molecule has 0 fully saturated rings. The lowest BCUT2D eigenvalue weighted by Crippen LogP contribution is -2.28. The molecule has 2 rings (SSSR count). The summed E-state index contributed by atoms with van der Waals surface area (Å²) in [6, 6.07) is 9.56. The molecule has 0 aliphatic rings. The summed E-state index contributed by atoms with van der Waals surface area (Å²) >= 11 is 0. The van der Waals surface area contributed by atoms with Gasteiger partial charge in [0, 0.05) is 25.2 Å². The van der Waals surface area contributed by atoms with E-state index in [0.29, 0.717) is 0 Å². The molecule has 0 radical (unpaired) electrons. The van der Waals surface area contributed by atoms with Gasteiger partial charge in [0.2, 0.25) is 0 Å². The third-order valence-corrected chi connectivity index (χ3v) is 4.98. The average Bonchev–Trinajstić information content (AvgIpc) is 2.46. The monoisotopic (exact) mass is 310 g/mol. The zero-order valence-corrected chi connectivity index (χ0v) is 12.1. The highest BCUT2D eigenvalue weighted by molar-refractivity contribution is 7.92. The first-order chi connectivity index (χ1) is 9.87. The largest absolute Gasteiger partial charge is 0.508 e. The van der Waals surface area contributed by atoms with Gasteiger partial charge in [0.25, 0.3) is 10.0 Å². The summed E-state index contributed by atoms with van der Waals surface area (Å²) in [6.45, 7) is -0.227. The molecule has 0 aromatic heterocycles. The maximum atomic E-state index is 13.7. The second-order valence-electron chi connectivity index (χ2n) is 4.41. The maximum absolute atomic E-state index is 13.7. The second kappa shape index (κ2) is 5.71. The van der Waals surface area contributed by atoms with E-state index in [9.17, 15) is 17.9 Å². The molecule has 0 aliphatic carbocycles. The molecule has 0 bridgehead atoms. The number of nitrogens with two attached hydrogens (primary N) is 1. The van der Waals surface area contributed by atoms with Gasteiger partial charge in [-0.05, 0) is 24.3 Å². The first-order valence-corrected chi connectivity index (χ1v) is 7.57. The number of benzene rings is 2. The zero-order valence-electron chi connectivity index (χ0n) is 11.3. The molecular formula is C14H15FN2O3S. The Balaban J connectivity index is 2.55. The highest BCUT2D eigenvalue weighted by atomic mass is 32.2. The van der Waals surface area contributed by atoms with E-state index < -0.39 is 15.8 Å². The summed E-state index contributed by atoms with van der Waals surface area (Å²) in [6.07, 6.45) is 0. The van der Waals surface area contributed by atoms with Crippen molar-refractivity contribution < 1.29 is 17.9 Å². The second-order valence-corrected chi connectivity index (χ2v) is 6.35. The Labute approximate surface area is 122 Å². The fourth-order valence-corrected chi connectivity index (χ4v) is 3.38. The predicted molar refractivity (Wildman–Crippen MR) is 78.0 cm³/mol. The van der Waals surface area contributed by atoms with Gasteiger partial charge < -0.3 is 10.8 Å². The molecule has 0 amide bonds. The van der Waals surface area contributed by atoms with Crippen molar-refractivity contribution in [1.82, 2.24) is 0 Å². The predicted octanol–water partition coefficient (Wildman–Crippen LogP) is 1.82. The van der Waals surface area contributed by atoms with Gasteiger partial charge in [0.05, 0.1) is 10.6 Å². The number of phenolic OH excluding ortho intramolecular Hbond substituents is 1. The van der Waals surface area contributed by atoms with E-state index in [-0.39, 0.29) is 28.4 Å². The van der Waals surface area contributed by atoms with Crippen LogP contribution >= 0.6 is 0 Å². The fraction of sp³-hybridized carbons (Fsp3) is 0.143.